The first-order valence-corrected chi connectivity index (χ1v) is 11.4. The van der Waals surface area contributed by atoms with Gasteiger partial charge in [-0.25, -0.2) is 4.31 Å². The van der Waals surface area contributed by atoms with E-state index in [0.717, 1.165) is 17.7 Å². The second-order valence-corrected chi connectivity index (χ2v) is 9.33. The highest BCUT2D eigenvalue weighted by molar-refractivity contribution is 7.97. The molecule has 0 aliphatic carbocycles. The average molecular weight is 397 g/mol. The van der Waals surface area contributed by atoms with Crippen LogP contribution in [0.5, 0.6) is 5.75 Å². The minimum absolute atomic E-state index is 0.793. The number of benzene rings is 2. The van der Waals surface area contributed by atoms with Crippen LogP contribution in [0.1, 0.15) is 32.6 Å². The molecule has 2 aliphatic rings. The number of methoxy groups -OCH3 is 1. The molecule has 4 heteroatoms. The van der Waals surface area contributed by atoms with E-state index in [4.69, 9.17) is 4.74 Å². The Morgan fingerprint density at radius 2 is 1.54 bits per heavy atom. The van der Waals surface area contributed by atoms with Gasteiger partial charge in [0.15, 0.2) is 0 Å². The van der Waals surface area contributed by atoms with Crippen molar-refractivity contribution < 1.29 is 4.74 Å². The fourth-order valence-corrected chi connectivity index (χ4v) is 5.48. The summed E-state index contributed by atoms with van der Waals surface area (Å²) in [6.45, 7) is 7.37. The fraction of sp³-hybridized carbons (Fsp3) is 0.500. The molecule has 0 amide bonds. The van der Waals surface area contributed by atoms with Gasteiger partial charge < -0.3 is 9.64 Å². The van der Waals surface area contributed by atoms with Crippen molar-refractivity contribution in [2.45, 2.75) is 43.5 Å². The Bertz CT molecular complexity index is 747. The van der Waals surface area contributed by atoms with E-state index >= 15 is 0 Å². The highest BCUT2D eigenvalue weighted by Gasteiger charge is 2.27. The molecule has 0 bridgehead atoms. The van der Waals surface area contributed by atoms with Crippen LogP contribution in [0, 0.1) is 5.92 Å². The molecule has 0 N–H and O–H groups in total. The molecule has 0 spiro atoms. The van der Waals surface area contributed by atoms with Crippen LogP contribution in [0.2, 0.25) is 0 Å². The van der Waals surface area contributed by atoms with Crippen LogP contribution in [0.25, 0.3) is 11.1 Å². The molecular weight excluding hydrogens is 364 g/mol. The molecule has 2 aliphatic heterocycles. The van der Waals surface area contributed by atoms with Gasteiger partial charge in [0.2, 0.25) is 0 Å². The minimum atomic E-state index is 0.793. The summed E-state index contributed by atoms with van der Waals surface area (Å²) in [4.78, 5) is 4.10. The van der Waals surface area contributed by atoms with Crippen LogP contribution in [-0.4, -0.2) is 48.5 Å². The predicted octanol–water partition coefficient (Wildman–Crippen LogP) is 5.57. The van der Waals surface area contributed by atoms with Gasteiger partial charge in [-0.2, -0.15) is 0 Å². The fourth-order valence-electron chi connectivity index (χ4n) is 4.39. The smallest absolute Gasteiger partial charge is 0.118 e. The maximum Gasteiger partial charge on any atom is 0.118 e. The standard InChI is InChI=1S/C24H32N2OS/c1-19-11-15-25(16-12-19)21-13-17-26(18-14-21)28-24-6-4-3-5-23(24)20-7-9-22(27-2)10-8-20/h3-10,19,21H,11-18H2,1-2H3. The number of ether oxygens (including phenoxy) is 1. The third-order valence-corrected chi connectivity index (χ3v) is 7.45. The van der Waals surface area contributed by atoms with Crippen molar-refractivity contribution in [2.24, 2.45) is 5.92 Å². The normalized spacial score (nSPS) is 20.4. The van der Waals surface area contributed by atoms with Gasteiger partial charge in [0.1, 0.15) is 5.75 Å². The molecule has 2 saturated heterocycles. The summed E-state index contributed by atoms with van der Waals surface area (Å²) in [5.74, 6) is 1.82. The number of nitrogens with zero attached hydrogens (tertiary/aromatic N) is 2. The zero-order chi connectivity index (χ0) is 19.3. The lowest BCUT2D eigenvalue weighted by Crippen LogP contribution is -2.46. The lowest BCUT2D eigenvalue weighted by atomic mass is 9.95. The minimum Gasteiger partial charge on any atom is -0.497 e. The van der Waals surface area contributed by atoms with Crippen molar-refractivity contribution in [3.8, 4) is 16.9 Å². The number of piperidine rings is 2. The summed E-state index contributed by atoms with van der Waals surface area (Å²) in [5, 5.41) is 0. The second kappa shape index (κ2) is 9.34. The van der Waals surface area contributed by atoms with Crippen molar-refractivity contribution >= 4 is 11.9 Å². The van der Waals surface area contributed by atoms with Gasteiger partial charge >= 0.3 is 0 Å². The topological polar surface area (TPSA) is 15.7 Å². The molecule has 2 aromatic rings. The van der Waals surface area contributed by atoms with E-state index in [1.165, 1.54) is 67.9 Å². The van der Waals surface area contributed by atoms with Gasteiger partial charge in [0.25, 0.3) is 0 Å². The van der Waals surface area contributed by atoms with Gasteiger partial charge in [-0.3, -0.25) is 0 Å². The van der Waals surface area contributed by atoms with E-state index in [-0.39, 0.29) is 0 Å². The van der Waals surface area contributed by atoms with Crippen LogP contribution in [0.3, 0.4) is 0 Å². The summed E-state index contributed by atoms with van der Waals surface area (Å²) >= 11 is 1.93. The lowest BCUT2D eigenvalue weighted by Gasteiger charge is -2.41. The van der Waals surface area contributed by atoms with Crippen molar-refractivity contribution in [1.29, 1.82) is 0 Å². The first-order valence-electron chi connectivity index (χ1n) is 10.6. The Labute approximate surface area is 174 Å². The summed E-state index contributed by atoms with van der Waals surface area (Å²) in [6.07, 6.45) is 5.35. The third kappa shape index (κ3) is 4.73. The first kappa shape index (κ1) is 19.8. The molecule has 4 rings (SSSR count). The number of rotatable bonds is 5. The van der Waals surface area contributed by atoms with Crippen LogP contribution >= 0.6 is 11.9 Å². The zero-order valence-electron chi connectivity index (χ0n) is 17.1. The monoisotopic (exact) mass is 396 g/mol. The number of hydrogen-bond acceptors (Lipinski definition) is 4. The molecule has 28 heavy (non-hydrogen) atoms. The molecular formula is C24H32N2OS. The van der Waals surface area contributed by atoms with Gasteiger partial charge in [-0.1, -0.05) is 37.3 Å². The molecule has 0 unspecified atom stereocenters. The van der Waals surface area contributed by atoms with Crippen molar-refractivity contribution in [2.75, 3.05) is 33.3 Å². The highest BCUT2D eigenvalue weighted by atomic mass is 32.2. The van der Waals surface area contributed by atoms with E-state index < -0.39 is 0 Å². The first-order chi connectivity index (χ1) is 13.7. The van der Waals surface area contributed by atoms with Crippen LogP contribution in [-0.2, 0) is 0 Å². The highest BCUT2D eigenvalue weighted by Crippen LogP contribution is 2.36. The summed E-state index contributed by atoms with van der Waals surface area (Å²) in [7, 11) is 1.72. The van der Waals surface area contributed by atoms with Gasteiger partial charge in [-0.05, 0) is 86.0 Å². The zero-order valence-corrected chi connectivity index (χ0v) is 18.0. The quantitative estimate of drug-likeness (QED) is 0.614. The van der Waals surface area contributed by atoms with Crippen LogP contribution in [0.15, 0.2) is 53.4 Å². The number of hydrogen-bond donors (Lipinski definition) is 0. The van der Waals surface area contributed by atoms with Crippen molar-refractivity contribution in [3.63, 3.8) is 0 Å². The number of likely N-dealkylation sites (tertiary alicyclic amines) is 1. The van der Waals surface area contributed by atoms with E-state index in [9.17, 15) is 0 Å². The molecule has 2 fully saturated rings. The van der Waals surface area contributed by atoms with Gasteiger partial charge in [-0.15, -0.1) is 0 Å². The SMILES string of the molecule is COc1ccc(-c2ccccc2SN2CCC(N3CCC(C)CC3)CC2)cc1. The molecule has 150 valence electrons. The molecule has 2 aromatic carbocycles. The lowest BCUT2D eigenvalue weighted by molar-refractivity contribution is 0.103. The Kier molecular flexibility index (Phi) is 6.61. The maximum absolute atomic E-state index is 5.31. The summed E-state index contributed by atoms with van der Waals surface area (Å²) < 4.78 is 7.87. The third-order valence-electron chi connectivity index (χ3n) is 6.27. The summed E-state index contributed by atoms with van der Waals surface area (Å²) in [5.41, 5.74) is 2.56. The van der Waals surface area contributed by atoms with Gasteiger partial charge in [0.05, 0.1) is 7.11 Å². The molecule has 0 radical (unpaired) electrons. The Balaban J connectivity index is 1.37. The second-order valence-electron chi connectivity index (χ2n) is 8.19. The van der Waals surface area contributed by atoms with Crippen molar-refractivity contribution in [1.82, 2.24) is 9.21 Å². The molecule has 0 atom stereocenters. The van der Waals surface area contributed by atoms with Crippen LogP contribution in [0.4, 0.5) is 0 Å². The van der Waals surface area contributed by atoms with E-state index in [0.29, 0.717) is 0 Å². The Morgan fingerprint density at radius 1 is 0.857 bits per heavy atom. The Hall–Kier alpha value is -1.49. The molecule has 2 heterocycles. The van der Waals surface area contributed by atoms with Gasteiger partial charge in [0, 0.05) is 24.0 Å². The molecule has 0 aromatic heterocycles. The summed E-state index contributed by atoms with van der Waals surface area (Å²) in [6, 6.07) is 18.0. The predicted molar refractivity (Wildman–Crippen MR) is 119 cm³/mol. The molecule has 0 saturated carbocycles. The average Bonchev–Trinajstić information content (AvgIpc) is 2.75. The van der Waals surface area contributed by atoms with E-state index in [2.05, 4.69) is 52.5 Å². The Morgan fingerprint density at radius 3 is 2.21 bits per heavy atom. The largest absolute Gasteiger partial charge is 0.497 e. The van der Waals surface area contributed by atoms with Crippen LogP contribution < -0.4 is 4.74 Å². The maximum atomic E-state index is 5.31. The van der Waals surface area contributed by atoms with E-state index in [1.807, 2.05) is 24.1 Å². The van der Waals surface area contributed by atoms with Crippen molar-refractivity contribution in [3.05, 3.63) is 48.5 Å². The molecule has 3 nitrogen and oxygen atoms in total. The van der Waals surface area contributed by atoms with E-state index in [1.54, 1.807) is 7.11 Å².